The lowest BCUT2D eigenvalue weighted by atomic mass is 9.78. The summed E-state index contributed by atoms with van der Waals surface area (Å²) in [5.74, 6) is 1.51. The quantitative estimate of drug-likeness (QED) is 0.722. The van der Waals surface area contributed by atoms with Gasteiger partial charge < -0.3 is 19.1 Å². The van der Waals surface area contributed by atoms with Crippen LogP contribution in [0.2, 0.25) is 0 Å². The van der Waals surface area contributed by atoms with Crippen molar-refractivity contribution in [3.8, 4) is 11.5 Å². The molecule has 0 aromatic heterocycles. The Kier molecular flexibility index (Phi) is 4.50. The Hall–Kier alpha value is -3.28. The highest BCUT2D eigenvalue weighted by Gasteiger charge is 2.55. The fourth-order valence-corrected chi connectivity index (χ4v) is 4.98. The van der Waals surface area contributed by atoms with Crippen molar-refractivity contribution in [3.63, 3.8) is 0 Å². The van der Waals surface area contributed by atoms with Crippen molar-refractivity contribution in [1.29, 1.82) is 0 Å². The Balaban J connectivity index is 1.56. The van der Waals surface area contributed by atoms with Gasteiger partial charge in [0, 0.05) is 19.9 Å². The van der Waals surface area contributed by atoms with Crippen molar-refractivity contribution >= 4 is 11.9 Å². The molecular weight excluding hydrogens is 382 g/mol. The summed E-state index contributed by atoms with van der Waals surface area (Å²) < 4.78 is 16.7. The second-order valence-corrected chi connectivity index (χ2v) is 8.02. The van der Waals surface area contributed by atoms with Gasteiger partial charge in [-0.25, -0.2) is 0 Å². The molecule has 0 N–H and O–H groups in total. The molecule has 2 aliphatic heterocycles. The Morgan fingerprint density at radius 3 is 2.77 bits per heavy atom. The van der Waals surface area contributed by atoms with E-state index in [2.05, 4.69) is 0 Å². The molecule has 0 unspecified atom stereocenters. The first-order chi connectivity index (χ1) is 14.6. The molecule has 1 aliphatic carbocycles. The van der Waals surface area contributed by atoms with Gasteiger partial charge in [-0.15, -0.1) is 0 Å². The topological polar surface area (TPSA) is 65.1 Å². The zero-order valence-electron chi connectivity index (χ0n) is 16.8. The van der Waals surface area contributed by atoms with E-state index >= 15 is 0 Å². The van der Waals surface area contributed by atoms with Crippen molar-refractivity contribution < 1.29 is 23.8 Å². The molecule has 0 saturated carbocycles. The van der Waals surface area contributed by atoms with Gasteiger partial charge in [0.15, 0.2) is 11.5 Å². The first-order valence-electron chi connectivity index (χ1n) is 10.2. The highest BCUT2D eigenvalue weighted by Crippen LogP contribution is 2.54. The fourth-order valence-electron chi connectivity index (χ4n) is 4.98. The Morgan fingerprint density at radius 2 is 1.97 bits per heavy atom. The number of benzene rings is 2. The van der Waals surface area contributed by atoms with Gasteiger partial charge in [-0.3, -0.25) is 9.59 Å². The van der Waals surface area contributed by atoms with Gasteiger partial charge in [0.05, 0.1) is 11.5 Å². The first kappa shape index (κ1) is 18.7. The van der Waals surface area contributed by atoms with Gasteiger partial charge in [-0.1, -0.05) is 36.4 Å². The van der Waals surface area contributed by atoms with Crippen LogP contribution < -0.4 is 9.47 Å². The van der Waals surface area contributed by atoms with Gasteiger partial charge in [0.1, 0.15) is 5.76 Å². The Labute approximate surface area is 175 Å². The van der Waals surface area contributed by atoms with Crippen molar-refractivity contribution in [2.75, 3.05) is 6.79 Å². The number of hydrogen-bond acceptors (Lipinski definition) is 5. The molecule has 1 fully saturated rings. The molecule has 2 aromatic rings. The van der Waals surface area contributed by atoms with Crippen LogP contribution in [0.5, 0.6) is 11.5 Å². The summed E-state index contributed by atoms with van der Waals surface area (Å²) >= 11 is 0. The molecule has 1 saturated heterocycles. The summed E-state index contributed by atoms with van der Waals surface area (Å²) in [5.41, 5.74) is 1.57. The molecule has 2 heterocycles. The second kappa shape index (κ2) is 7.20. The van der Waals surface area contributed by atoms with Crippen LogP contribution in [-0.4, -0.2) is 29.1 Å². The molecule has 6 nitrogen and oxygen atoms in total. The molecule has 30 heavy (non-hydrogen) atoms. The lowest BCUT2D eigenvalue weighted by Gasteiger charge is -2.41. The van der Waals surface area contributed by atoms with Crippen LogP contribution in [0, 0.1) is 0 Å². The fraction of sp³-hybridized carbons (Fsp3) is 0.333. The number of ether oxygens (including phenoxy) is 3. The maximum Gasteiger partial charge on any atom is 0.307 e. The zero-order chi connectivity index (χ0) is 20.7. The molecule has 2 atom stereocenters. The van der Waals surface area contributed by atoms with E-state index in [9.17, 15) is 9.59 Å². The van der Waals surface area contributed by atoms with E-state index in [1.165, 1.54) is 6.92 Å². The third-order valence-corrected chi connectivity index (χ3v) is 6.26. The minimum atomic E-state index is -0.467. The summed E-state index contributed by atoms with van der Waals surface area (Å²) in [7, 11) is 0. The van der Waals surface area contributed by atoms with E-state index in [4.69, 9.17) is 14.2 Å². The van der Waals surface area contributed by atoms with Gasteiger partial charge in [-0.05, 0) is 42.2 Å². The molecule has 1 amide bonds. The van der Waals surface area contributed by atoms with Crippen molar-refractivity contribution in [2.45, 2.75) is 44.2 Å². The molecule has 154 valence electrons. The number of rotatable bonds is 4. The van der Waals surface area contributed by atoms with Crippen molar-refractivity contribution in [1.82, 2.24) is 4.90 Å². The smallest absolute Gasteiger partial charge is 0.307 e. The van der Waals surface area contributed by atoms with Gasteiger partial charge >= 0.3 is 5.97 Å². The van der Waals surface area contributed by atoms with Gasteiger partial charge in [0.2, 0.25) is 12.7 Å². The third kappa shape index (κ3) is 3.03. The molecule has 0 bridgehead atoms. The molecular formula is C24H23NO5. The zero-order valence-corrected chi connectivity index (χ0v) is 16.8. The largest absolute Gasteiger partial charge is 0.454 e. The van der Waals surface area contributed by atoms with Crippen molar-refractivity contribution in [3.05, 3.63) is 71.5 Å². The molecule has 1 spiro atoms. The number of carbonyl (C=O) groups excluding carboxylic acids is 2. The monoisotopic (exact) mass is 405 g/mol. The molecule has 2 aromatic carbocycles. The number of hydrogen-bond donors (Lipinski definition) is 0. The van der Waals surface area contributed by atoms with Crippen LogP contribution in [0.3, 0.4) is 0 Å². The summed E-state index contributed by atoms with van der Waals surface area (Å²) in [4.78, 5) is 26.8. The third-order valence-electron chi connectivity index (χ3n) is 6.26. The SMILES string of the molecule is CC(=O)OC1=CC[C@@]2(CCC(=O)N2Cc2ccccc2)[C@H]1c1ccc2c(c1)OCO2. The highest BCUT2D eigenvalue weighted by molar-refractivity contribution is 5.81. The van der Waals surface area contributed by atoms with E-state index in [1.54, 1.807) is 0 Å². The van der Waals surface area contributed by atoms with E-state index in [-0.39, 0.29) is 24.6 Å². The van der Waals surface area contributed by atoms with E-state index in [1.807, 2.05) is 59.5 Å². The molecule has 0 radical (unpaired) electrons. The summed E-state index contributed by atoms with van der Waals surface area (Å²) in [6.45, 7) is 2.13. The van der Waals surface area contributed by atoms with Gasteiger partial charge in [0.25, 0.3) is 0 Å². The molecule has 5 rings (SSSR count). The molecule has 6 heteroatoms. The maximum atomic E-state index is 13.0. The normalized spacial score (nSPS) is 24.4. The van der Waals surface area contributed by atoms with Crippen LogP contribution in [0.15, 0.2) is 60.4 Å². The second-order valence-electron chi connectivity index (χ2n) is 8.02. The minimum absolute atomic E-state index is 0.127. The van der Waals surface area contributed by atoms with Crippen LogP contribution in [0.4, 0.5) is 0 Å². The first-order valence-corrected chi connectivity index (χ1v) is 10.2. The Bertz CT molecular complexity index is 1030. The average molecular weight is 405 g/mol. The molecule has 3 aliphatic rings. The number of carbonyl (C=O) groups is 2. The number of amides is 1. The van der Waals surface area contributed by atoms with E-state index in [0.717, 1.165) is 11.1 Å². The number of nitrogens with zero attached hydrogens (tertiary/aromatic N) is 1. The van der Waals surface area contributed by atoms with Crippen LogP contribution in [0.1, 0.15) is 43.2 Å². The summed E-state index contributed by atoms with van der Waals surface area (Å²) in [6.07, 6.45) is 3.80. The average Bonchev–Trinajstić information content (AvgIpc) is 3.42. The predicted octanol–water partition coefficient (Wildman–Crippen LogP) is 3.91. The lowest BCUT2D eigenvalue weighted by Crippen LogP contribution is -2.48. The lowest BCUT2D eigenvalue weighted by molar-refractivity contribution is -0.137. The van der Waals surface area contributed by atoms with Crippen LogP contribution in [-0.2, 0) is 20.9 Å². The predicted molar refractivity (Wildman–Crippen MR) is 109 cm³/mol. The summed E-state index contributed by atoms with van der Waals surface area (Å²) in [6, 6.07) is 15.8. The van der Waals surface area contributed by atoms with Crippen molar-refractivity contribution in [2.24, 2.45) is 0 Å². The van der Waals surface area contributed by atoms with E-state index in [0.29, 0.717) is 43.1 Å². The number of likely N-dealkylation sites (tertiary alicyclic amines) is 1. The number of fused-ring (bicyclic) bond motifs is 1. The van der Waals surface area contributed by atoms with E-state index < -0.39 is 5.54 Å². The number of esters is 1. The van der Waals surface area contributed by atoms with Crippen LogP contribution in [0.25, 0.3) is 0 Å². The standard InChI is InChI=1S/C24H23NO5/c1-16(26)30-20-9-11-24(23(20)18-7-8-19-21(13-18)29-15-28-19)12-10-22(27)25(24)14-17-5-3-2-4-6-17/h2-9,13,23H,10-12,14-15H2,1H3/t23-,24+/m0/s1. The van der Waals surface area contributed by atoms with Gasteiger partial charge in [-0.2, -0.15) is 0 Å². The minimum Gasteiger partial charge on any atom is -0.454 e. The Morgan fingerprint density at radius 1 is 1.17 bits per heavy atom. The highest BCUT2D eigenvalue weighted by atomic mass is 16.7. The summed E-state index contributed by atoms with van der Waals surface area (Å²) in [5, 5.41) is 0. The maximum absolute atomic E-state index is 13.0. The van der Waals surface area contributed by atoms with Crippen LogP contribution >= 0.6 is 0 Å².